The number of benzene rings is 1. The van der Waals surface area contributed by atoms with Crippen LogP contribution in [0.1, 0.15) is 44.2 Å². The van der Waals surface area contributed by atoms with Crippen LogP contribution >= 0.6 is 0 Å². The number of hydrogen-bond donors (Lipinski definition) is 1. The molecule has 1 N–H and O–H groups in total. The second kappa shape index (κ2) is 6.52. The molecule has 0 fully saturated rings. The number of hydrogen-bond acceptors (Lipinski definition) is 5. The second-order valence-electron chi connectivity index (χ2n) is 4.69. The van der Waals surface area contributed by atoms with Gasteiger partial charge in [0.15, 0.2) is 0 Å². The molecule has 1 unspecified atom stereocenters. The molecule has 0 bridgehead atoms. The van der Waals surface area contributed by atoms with Crippen molar-refractivity contribution in [3.63, 3.8) is 0 Å². The second-order valence-corrected chi connectivity index (χ2v) is 4.69. The molecule has 1 atom stereocenters. The fourth-order valence-corrected chi connectivity index (χ4v) is 1.98. The smallest absolute Gasteiger partial charge is 0.258 e. The summed E-state index contributed by atoms with van der Waals surface area (Å²) in [7, 11) is 0. The summed E-state index contributed by atoms with van der Waals surface area (Å²) < 4.78 is 10.9. The van der Waals surface area contributed by atoms with Gasteiger partial charge < -0.3 is 14.4 Å². The maximum atomic E-state index is 9.73. The van der Waals surface area contributed by atoms with Crippen LogP contribution in [0.4, 0.5) is 0 Å². The van der Waals surface area contributed by atoms with Crippen molar-refractivity contribution in [3.05, 3.63) is 29.6 Å². The van der Waals surface area contributed by atoms with E-state index in [1.165, 1.54) is 0 Å². The van der Waals surface area contributed by atoms with E-state index in [0.717, 1.165) is 18.4 Å². The van der Waals surface area contributed by atoms with E-state index in [0.29, 0.717) is 23.9 Å². The summed E-state index contributed by atoms with van der Waals surface area (Å²) in [5.74, 6) is 1.18. The number of nitrogens with zero attached hydrogens (tertiary/aromatic N) is 2. The van der Waals surface area contributed by atoms with E-state index in [1.54, 1.807) is 6.07 Å². The third-order valence-corrected chi connectivity index (χ3v) is 3.10. The first-order valence-corrected chi connectivity index (χ1v) is 6.90. The molecule has 2 rings (SSSR count). The summed E-state index contributed by atoms with van der Waals surface area (Å²) in [5.41, 5.74) is 1.52. The van der Waals surface area contributed by atoms with E-state index in [2.05, 4.69) is 17.1 Å². The molecule has 0 spiro atoms. The number of ether oxygens (including phenoxy) is 1. The van der Waals surface area contributed by atoms with Gasteiger partial charge in [-0.2, -0.15) is 4.98 Å². The molecule has 1 aromatic carbocycles. The molecule has 5 nitrogen and oxygen atoms in total. The Morgan fingerprint density at radius 2 is 2.15 bits per heavy atom. The van der Waals surface area contributed by atoms with E-state index < -0.39 is 0 Å². The van der Waals surface area contributed by atoms with Crippen molar-refractivity contribution in [2.24, 2.45) is 0 Å². The fourth-order valence-electron chi connectivity index (χ4n) is 1.98. The summed E-state index contributed by atoms with van der Waals surface area (Å²) in [4.78, 5) is 4.37. The van der Waals surface area contributed by atoms with E-state index >= 15 is 0 Å². The maximum absolute atomic E-state index is 9.73. The minimum atomic E-state index is -0.137. The molecular weight excluding hydrogens is 256 g/mol. The van der Waals surface area contributed by atoms with Crippen LogP contribution in [-0.2, 0) is 4.74 Å². The average molecular weight is 276 g/mol. The summed E-state index contributed by atoms with van der Waals surface area (Å²) in [6.07, 6.45) is 1.70. The summed E-state index contributed by atoms with van der Waals surface area (Å²) in [6, 6.07) is 5.30. The molecule has 1 heterocycles. The highest BCUT2D eigenvalue weighted by Crippen LogP contribution is 2.27. The Balaban J connectivity index is 2.24. The van der Waals surface area contributed by atoms with Gasteiger partial charge in [-0.05, 0) is 38.0 Å². The molecule has 0 saturated carbocycles. The Hall–Kier alpha value is -1.88. The Labute approximate surface area is 118 Å². The van der Waals surface area contributed by atoms with Gasteiger partial charge in [0.1, 0.15) is 11.9 Å². The van der Waals surface area contributed by atoms with Crippen LogP contribution in [0.2, 0.25) is 0 Å². The van der Waals surface area contributed by atoms with Crippen LogP contribution in [0.3, 0.4) is 0 Å². The number of phenolic OH excluding ortho intramolecular Hbond substituents is 1. The van der Waals surface area contributed by atoms with Gasteiger partial charge >= 0.3 is 0 Å². The van der Waals surface area contributed by atoms with E-state index in [9.17, 15) is 5.11 Å². The molecule has 2 aromatic rings. The molecule has 1 aromatic heterocycles. The summed E-state index contributed by atoms with van der Waals surface area (Å²) >= 11 is 0. The van der Waals surface area contributed by atoms with Crippen molar-refractivity contribution in [1.29, 1.82) is 0 Å². The zero-order chi connectivity index (χ0) is 14.5. The molecule has 0 radical (unpaired) electrons. The van der Waals surface area contributed by atoms with Crippen molar-refractivity contribution in [2.75, 3.05) is 6.61 Å². The average Bonchev–Trinajstić information content (AvgIpc) is 2.91. The maximum Gasteiger partial charge on any atom is 0.258 e. The number of phenols is 1. The molecule has 0 aliphatic rings. The minimum absolute atomic E-state index is 0.137. The highest BCUT2D eigenvalue weighted by atomic mass is 16.5. The molecule has 0 amide bonds. The van der Waals surface area contributed by atoms with Crippen LogP contribution in [-0.4, -0.2) is 21.9 Å². The Kier molecular flexibility index (Phi) is 4.74. The van der Waals surface area contributed by atoms with Gasteiger partial charge in [-0.15, -0.1) is 0 Å². The largest absolute Gasteiger partial charge is 0.508 e. The fraction of sp³-hybridized carbons (Fsp3) is 0.467. The first-order chi connectivity index (χ1) is 9.65. The highest BCUT2D eigenvalue weighted by molar-refractivity contribution is 5.57. The molecule has 0 aliphatic carbocycles. The van der Waals surface area contributed by atoms with Crippen LogP contribution in [0.25, 0.3) is 11.5 Å². The number of aromatic hydroxyl groups is 1. The van der Waals surface area contributed by atoms with E-state index in [1.807, 2.05) is 26.0 Å². The number of aromatic nitrogens is 2. The van der Waals surface area contributed by atoms with Crippen molar-refractivity contribution in [2.45, 2.75) is 39.7 Å². The quantitative estimate of drug-likeness (QED) is 0.872. The molecule has 20 heavy (non-hydrogen) atoms. The zero-order valence-corrected chi connectivity index (χ0v) is 12.1. The zero-order valence-electron chi connectivity index (χ0n) is 12.1. The van der Waals surface area contributed by atoms with Crippen molar-refractivity contribution < 1.29 is 14.4 Å². The molecule has 5 heteroatoms. The normalized spacial score (nSPS) is 12.6. The first-order valence-electron chi connectivity index (χ1n) is 6.90. The number of aryl methyl sites for hydroxylation is 1. The minimum Gasteiger partial charge on any atom is -0.508 e. The van der Waals surface area contributed by atoms with Gasteiger partial charge in [0, 0.05) is 12.2 Å². The molecular formula is C15H20N2O3. The Bertz CT molecular complexity index is 560. The van der Waals surface area contributed by atoms with Crippen molar-refractivity contribution >= 4 is 0 Å². The van der Waals surface area contributed by atoms with Gasteiger partial charge in [0.05, 0.1) is 0 Å². The Morgan fingerprint density at radius 3 is 2.80 bits per heavy atom. The SMILES string of the molecule is CCCC(OCC)c1noc(-c2ccc(C)c(O)c2)n1. The van der Waals surface area contributed by atoms with Gasteiger partial charge in [0.2, 0.25) is 5.82 Å². The lowest BCUT2D eigenvalue weighted by atomic mass is 10.1. The first kappa shape index (κ1) is 14.5. The monoisotopic (exact) mass is 276 g/mol. The summed E-state index contributed by atoms with van der Waals surface area (Å²) in [6.45, 7) is 6.48. The molecule has 108 valence electrons. The highest BCUT2D eigenvalue weighted by Gasteiger charge is 2.18. The molecule has 0 saturated heterocycles. The van der Waals surface area contributed by atoms with Gasteiger partial charge in [-0.25, -0.2) is 0 Å². The predicted octanol–water partition coefficient (Wildman–Crippen LogP) is 3.63. The topological polar surface area (TPSA) is 68.4 Å². The van der Waals surface area contributed by atoms with Crippen LogP contribution in [0, 0.1) is 6.92 Å². The van der Waals surface area contributed by atoms with Crippen LogP contribution < -0.4 is 0 Å². The van der Waals surface area contributed by atoms with Crippen LogP contribution in [0.15, 0.2) is 22.7 Å². The standard InChI is InChI=1S/C15H20N2O3/c1-4-6-13(19-5-2)14-16-15(20-17-14)11-8-7-10(3)12(18)9-11/h7-9,13,18H,4-6H2,1-3H3. The summed E-state index contributed by atoms with van der Waals surface area (Å²) in [5, 5.41) is 13.7. The third kappa shape index (κ3) is 3.17. The lowest BCUT2D eigenvalue weighted by molar-refractivity contribution is 0.0478. The van der Waals surface area contributed by atoms with Crippen molar-refractivity contribution in [1.82, 2.24) is 10.1 Å². The van der Waals surface area contributed by atoms with Gasteiger partial charge in [-0.3, -0.25) is 0 Å². The lowest BCUT2D eigenvalue weighted by Crippen LogP contribution is -2.05. The Morgan fingerprint density at radius 1 is 1.35 bits per heavy atom. The van der Waals surface area contributed by atoms with Crippen LogP contribution in [0.5, 0.6) is 5.75 Å². The molecule has 0 aliphatic heterocycles. The predicted molar refractivity (Wildman–Crippen MR) is 75.4 cm³/mol. The van der Waals surface area contributed by atoms with Gasteiger partial charge in [-0.1, -0.05) is 24.6 Å². The lowest BCUT2D eigenvalue weighted by Gasteiger charge is -2.11. The van der Waals surface area contributed by atoms with Gasteiger partial charge in [0.25, 0.3) is 5.89 Å². The number of rotatable bonds is 6. The van der Waals surface area contributed by atoms with E-state index in [4.69, 9.17) is 9.26 Å². The third-order valence-electron chi connectivity index (χ3n) is 3.10. The van der Waals surface area contributed by atoms with Crippen molar-refractivity contribution in [3.8, 4) is 17.2 Å². The van der Waals surface area contributed by atoms with E-state index in [-0.39, 0.29) is 11.9 Å².